The molecule has 0 unspecified atom stereocenters. The maximum Gasteiger partial charge on any atom is 0.416 e. The predicted molar refractivity (Wildman–Crippen MR) is 54.2 cm³/mol. The fourth-order valence-electron chi connectivity index (χ4n) is 1.87. The first-order valence-electron chi connectivity index (χ1n) is 5.03. The van der Waals surface area contributed by atoms with E-state index in [-0.39, 0.29) is 18.4 Å². The Morgan fingerprint density at radius 1 is 1.24 bits per heavy atom. The van der Waals surface area contributed by atoms with Gasteiger partial charge < -0.3 is 5.11 Å². The maximum absolute atomic E-state index is 13.6. The molecule has 1 aromatic carbocycles. The highest BCUT2D eigenvalue weighted by Gasteiger charge is 2.41. The van der Waals surface area contributed by atoms with Gasteiger partial charge in [0.2, 0.25) is 0 Å². The lowest BCUT2D eigenvalue weighted by Gasteiger charge is -2.37. The van der Waals surface area contributed by atoms with Crippen LogP contribution in [0.15, 0.2) is 12.1 Å². The third-order valence-electron chi connectivity index (χ3n) is 3.04. The zero-order valence-electron chi connectivity index (χ0n) is 8.61. The van der Waals surface area contributed by atoms with Gasteiger partial charge in [0.1, 0.15) is 5.82 Å². The highest BCUT2D eigenvalue weighted by molar-refractivity contribution is 6.30. The van der Waals surface area contributed by atoms with Crippen molar-refractivity contribution >= 4 is 11.6 Å². The summed E-state index contributed by atoms with van der Waals surface area (Å²) in [4.78, 5) is 0. The zero-order chi connectivity index (χ0) is 12.8. The summed E-state index contributed by atoms with van der Waals surface area (Å²) in [5.41, 5.74) is -2.91. The molecule has 1 fully saturated rings. The number of rotatable bonds is 1. The normalized spacial score (nSPS) is 18.9. The van der Waals surface area contributed by atoms with Crippen LogP contribution in [0.1, 0.15) is 30.4 Å². The Kier molecular flexibility index (Phi) is 2.86. The molecule has 0 spiro atoms. The van der Waals surface area contributed by atoms with Crippen molar-refractivity contribution in [3.05, 3.63) is 34.1 Å². The van der Waals surface area contributed by atoms with Gasteiger partial charge in [-0.1, -0.05) is 11.6 Å². The fourth-order valence-corrected chi connectivity index (χ4v) is 2.09. The summed E-state index contributed by atoms with van der Waals surface area (Å²) in [6.07, 6.45) is -3.45. The molecule has 1 N–H and O–H groups in total. The molecule has 0 atom stereocenters. The second-order valence-electron chi connectivity index (χ2n) is 4.20. The molecule has 0 heterocycles. The van der Waals surface area contributed by atoms with Gasteiger partial charge in [0, 0.05) is 5.56 Å². The van der Waals surface area contributed by atoms with Crippen molar-refractivity contribution in [2.45, 2.75) is 31.0 Å². The Morgan fingerprint density at radius 3 is 2.24 bits per heavy atom. The summed E-state index contributed by atoms with van der Waals surface area (Å²) >= 11 is 5.43. The van der Waals surface area contributed by atoms with Crippen LogP contribution in [0.25, 0.3) is 0 Å². The Bertz CT molecular complexity index is 452. The Balaban J connectivity index is 2.55. The molecular formula is C11H9ClF4O. The molecule has 1 aliphatic rings. The van der Waals surface area contributed by atoms with Crippen molar-refractivity contribution in [1.82, 2.24) is 0 Å². The molecule has 1 saturated carbocycles. The molecule has 94 valence electrons. The average molecular weight is 269 g/mol. The first-order chi connectivity index (χ1) is 7.74. The first kappa shape index (κ1) is 12.6. The van der Waals surface area contributed by atoms with E-state index in [1.807, 2.05) is 0 Å². The van der Waals surface area contributed by atoms with E-state index in [4.69, 9.17) is 11.6 Å². The molecular weight excluding hydrogens is 260 g/mol. The molecule has 1 aromatic rings. The number of alkyl halides is 3. The highest BCUT2D eigenvalue weighted by atomic mass is 35.5. The lowest BCUT2D eigenvalue weighted by atomic mass is 9.74. The Hall–Kier alpha value is -0.810. The third-order valence-corrected chi connectivity index (χ3v) is 3.31. The van der Waals surface area contributed by atoms with Crippen LogP contribution >= 0.6 is 11.6 Å². The van der Waals surface area contributed by atoms with E-state index in [0.29, 0.717) is 18.6 Å². The summed E-state index contributed by atoms with van der Waals surface area (Å²) in [5, 5.41) is 9.30. The molecule has 6 heteroatoms. The first-order valence-corrected chi connectivity index (χ1v) is 5.41. The van der Waals surface area contributed by atoms with Crippen molar-refractivity contribution in [2.24, 2.45) is 0 Å². The molecule has 0 saturated heterocycles. The molecule has 1 aliphatic carbocycles. The van der Waals surface area contributed by atoms with Gasteiger partial charge in [-0.3, -0.25) is 0 Å². The van der Waals surface area contributed by atoms with Gasteiger partial charge in [0.15, 0.2) is 0 Å². The van der Waals surface area contributed by atoms with Crippen LogP contribution in [0, 0.1) is 5.82 Å². The van der Waals surface area contributed by atoms with Gasteiger partial charge in [-0.05, 0) is 31.4 Å². The summed E-state index contributed by atoms with van der Waals surface area (Å²) < 4.78 is 51.2. The molecule has 2 rings (SSSR count). The van der Waals surface area contributed by atoms with Crippen LogP contribution in [0.2, 0.25) is 5.02 Å². The molecule has 0 bridgehead atoms. The smallest absolute Gasteiger partial charge is 0.385 e. The summed E-state index contributed by atoms with van der Waals surface area (Å²) in [5.74, 6) is -0.970. The van der Waals surface area contributed by atoms with E-state index in [2.05, 4.69) is 0 Å². The van der Waals surface area contributed by atoms with Crippen LogP contribution in [0.5, 0.6) is 0 Å². The standard InChI is InChI=1S/C11H9ClF4O/c12-8-5-6(11(14,15)16)4-7(9(8)13)10(17)2-1-3-10/h4-5,17H,1-3H2. The minimum atomic E-state index is -4.60. The van der Waals surface area contributed by atoms with Gasteiger partial charge in [0.25, 0.3) is 0 Å². The van der Waals surface area contributed by atoms with Gasteiger partial charge in [-0.2, -0.15) is 13.2 Å². The van der Waals surface area contributed by atoms with E-state index in [9.17, 15) is 22.7 Å². The van der Waals surface area contributed by atoms with E-state index in [1.54, 1.807) is 0 Å². The SMILES string of the molecule is OC1(c2cc(C(F)(F)F)cc(Cl)c2F)CCC1. The average Bonchev–Trinajstić information content (AvgIpc) is 2.17. The largest absolute Gasteiger partial charge is 0.416 e. The minimum absolute atomic E-state index is 0.252. The van der Waals surface area contributed by atoms with E-state index >= 15 is 0 Å². The summed E-state index contributed by atoms with van der Waals surface area (Å²) in [7, 11) is 0. The Morgan fingerprint density at radius 2 is 1.82 bits per heavy atom. The maximum atomic E-state index is 13.6. The van der Waals surface area contributed by atoms with E-state index in [1.165, 1.54) is 0 Å². The lowest BCUT2D eigenvalue weighted by molar-refractivity contribution is -0.138. The number of halogens is 5. The Labute approximate surface area is 100 Å². The molecule has 0 aliphatic heterocycles. The van der Waals surface area contributed by atoms with Crippen molar-refractivity contribution in [2.75, 3.05) is 0 Å². The summed E-state index contributed by atoms with van der Waals surface area (Å²) in [6, 6.07) is 1.17. The van der Waals surface area contributed by atoms with Crippen LogP contribution in [-0.2, 0) is 11.8 Å². The molecule has 1 nitrogen and oxygen atoms in total. The van der Waals surface area contributed by atoms with E-state index in [0.717, 1.165) is 0 Å². The second-order valence-corrected chi connectivity index (χ2v) is 4.61. The quantitative estimate of drug-likeness (QED) is 0.767. The number of hydrogen-bond donors (Lipinski definition) is 1. The second kappa shape index (κ2) is 3.85. The lowest BCUT2D eigenvalue weighted by Crippen LogP contribution is -2.35. The van der Waals surface area contributed by atoms with Crippen molar-refractivity contribution in [3.63, 3.8) is 0 Å². The van der Waals surface area contributed by atoms with Crippen molar-refractivity contribution < 1.29 is 22.7 Å². The topological polar surface area (TPSA) is 20.2 Å². The van der Waals surface area contributed by atoms with Crippen LogP contribution in [0.3, 0.4) is 0 Å². The van der Waals surface area contributed by atoms with Gasteiger partial charge >= 0.3 is 6.18 Å². The van der Waals surface area contributed by atoms with Gasteiger partial charge in [-0.25, -0.2) is 4.39 Å². The van der Waals surface area contributed by atoms with Gasteiger partial charge in [0.05, 0.1) is 16.2 Å². The minimum Gasteiger partial charge on any atom is -0.385 e. The van der Waals surface area contributed by atoms with Crippen LogP contribution < -0.4 is 0 Å². The number of benzene rings is 1. The highest BCUT2D eigenvalue weighted by Crippen LogP contribution is 2.45. The van der Waals surface area contributed by atoms with Crippen molar-refractivity contribution in [1.29, 1.82) is 0 Å². The van der Waals surface area contributed by atoms with Gasteiger partial charge in [-0.15, -0.1) is 0 Å². The molecule has 0 aromatic heterocycles. The third kappa shape index (κ3) is 2.13. The van der Waals surface area contributed by atoms with E-state index < -0.39 is 28.2 Å². The zero-order valence-corrected chi connectivity index (χ0v) is 9.37. The van der Waals surface area contributed by atoms with Crippen molar-refractivity contribution in [3.8, 4) is 0 Å². The van der Waals surface area contributed by atoms with Crippen LogP contribution in [0.4, 0.5) is 17.6 Å². The molecule has 17 heavy (non-hydrogen) atoms. The summed E-state index contributed by atoms with van der Waals surface area (Å²) in [6.45, 7) is 0. The monoisotopic (exact) mass is 268 g/mol. The van der Waals surface area contributed by atoms with Crippen LogP contribution in [-0.4, -0.2) is 5.11 Å². The molecule has 0 radical (unpaired) electrons. The number of aliphatic hydroxyl groups is 1. The number of hydrogen-bond acceptors (Lipinski definition) is 1. The fraction of sp³-hybridized carbons (Fsp3) is 0.455. The molecule has 0 amide bonds. The predicted octanol–water partition coefficient (Wildman–Crippen LogP) is 3.87.